The molecule has 0 unspecified atom stereocenters. The molecule has 1 heterocycles. The molecule has 1 aliphatic rings. The van der Waals surface area contributed by atoms with E-state index in [9.17, 15) is 9.59 Å². The van der Waals surface area contributed by atoms with Crippen molar-refractivity contribution in [2.75, 3.05) is 5.01 Å². The summed E-state index contributed by atoms with van der Waals surface area (Å²) >= 11 is 0. The summed E-state index contributed by atoms with van der Waals surface area (Å²) in [5.74, 6) is -1.09. The first-order valence-corrected chi connectivity index (χ1v) is 4.68. The Morgan fingerprint density at radius 2 is 2.00 bits per heavy atom. The van der Waals surface area contributed by atoms with Crippen molar-refractivity contribution in [2.24, 2.45) is 0 Å². The van der Waals surface area contributed by atoms with E-state index < -0.39 is 5.97 Å². The molecular formula is C11H10N2O3. The van der Waals surface area contributed by atoms with Gasteiger partial charge in [-0.15, -0.1) is 0 Å². The molecular weight excluding hydrogens is 208 g/mol. The van der Waals surface area contributed by atoms with Gasteiger partial charge in [-0.3, -0.25) is 10.2 Å². The fourth-order valence-corrected chi connectivity index (χ4v) is 1.48. The van der Waals surface area contributed by atoms with Crippen molar-refractivity contribution in [2.45, 2.75) is 6.42 Å². The molecule has 5 heteroatoms. The van der Waals surface area contributed by atoms with Crippen LogP contribution in [0.1, 0.15) is 16.8 Å². The molecule has 0 aromatic heterocycles. The third-order valence-corrected chi connectivity index (χ3v) is 2.26. The molecule has 0 spiro atoms. The summed E-state index contributed by atoms with van der Waals surface area (Å²) in [6.07, 6.45) is 0.265. The second kappa shape index (κ2) is 3.69. The topological polar surface area (TPSA) is 69.6 Å². The minimum Gasteiger partial charge on any atom is -0.478 e. The fraction of sp³-hybridized carbons (Fsp3) is 0.0909. The number of carboxylic acid groups (broad SMARTS) is 1. The molecule has 1 aliphatic heterocycles. The lowest BCUT2D eigenvalue weighted by molar-refractivity contribution is -0.117. The highest BCUT2D eigenvalue weighted by molar-refractivity contribution is 5.97. The maximum absolute atomic E-state index is 11.5. The Hall–Kier alpha value is -2.30. The lowest BCUT2D eigenvalue weighted by Gasteiger charge is -2.16. The number of benzene rings is 1. The zero-order valence-electron chi connectivity index (χ0n) is 8.43. The maximum Gasteiger partial charge on any atom is 0.335 e. The smallest absolute Gasteiger partial charge is 0.335 e. The van der Waals surface area contributed by atoms with E-state index in [0.29, 0.717) is 11.4 Å². The Morgan fingerprint density at radius 3 is 2.44 bits per heavy atom. The van der Waals surface area contributed by atoms with Gasteiger partial charge in [0.2, 0.25) is 0 Å². The molecule has 1 aromatic carbocycles. The Bertz CT molecular complexity index is 465. The predicted octanol–water partition coefficient (Wildman–Crippen LogP) is 1.14. The molecule has 82 valence electrons. The summed E-state index contributed by atoms with van der Waals surface area (Å²) in [6.45, 7) is 3.66. The van der Waals surface area contributed by atoms with Gasteiger partial charge in [0.1, 0.15) is 0 Å². The summed E-state index contributed by atoms with van der Waals surface area (Å²) in [7, 11) is 0. The van der Waals surface area contributed by atoms with Gasteiger partial charge in [0.05, 0.1) is 17.7 Å². The zero-order chi connectivity index (χ0) is 11.7. The van der Waals surface area contributed by atoms with E-state index in [0.717, 1.165) is 0 Å². The van der Waals surface area contributed by atoms with E-state index >= 15 is 0 Å². The van der Waals surface area contributed by atoms with Crippen molar-refractivity contribution >= 4 is 17.6 Å². The van der Waals surface area contributed by atoms with Gasteiger partial charge in [0.25, 0.3) is 5.91 Å². The molecule has 0 saturated carbocycles. The number of hydrazine groups is 1. The van der Waals surface area contributed by atoms with Gasteiger partial charge in [0.15, 0.2) is 0 Å². The molecule has 1 aromatic rings. The summed E-state index contributed by atoms with van der Waals surface area (Å²) in [5.41, 5.74) is 4.24. The number of carbonyl (C=O) groups is 2. The first-order valence-electron chi connectivity index (χ1n) is 4.68. The third-order valence-electron chi connectivity index (χ3n) is 2.26. The van der Waals surface area contributed by atoms with Crippen LogP contribution in [-0.4, -0.2) is 17.0 Å². The van der Waals surface area contributed by atoms with Crippen molar-refractivity contribution in [1.82, 2.24) is 5.43 Å². The van der Waals surface area contributed by atoms with Crippen LogP contribution in [0.25, 0.3) is 0 Å². The van der Waals surface area contributed by atoms with Crippen molar-refractivity contribution in [3.05, 3.63) is 42.1 Å². The van der Waals surface area contributed by atoms with Gasteiger partial charge < -0.3 is 5.11 Å². The SMILES string of the molecule is C=C1CC(=O)N(c2ccc(C(=O)O)cc2)N1. The van der Waals surface area contributed by atoms with E-state index in [4.69, 9.17) is 5.11 Å². The minimum atomic E-state index is -0.989. The van der Waals surface area contributed by atoms with E-state index in [1.54, 1.807) is 12.1 Å². The summed E-state index contributed by atoms with van der Waals surface area (Å²) in [4.78, 5) is 22.1. The molecule has 0 aliphatic carbocycles. The Kier molecular flexibility index (Phi) is 2.36. The van der Waals surface area contributed by atoms with Crippen LogP contribution in [0.2, 0.25) is 0 Å². The Balaban J connectivity index is 2.25. The molecule has 2 rings (SSSR count). The Labute approximate surface area is 92.0 Å². The van der Waals surface area contributed by atoms with Crippen LogP contribution in [0.4, 0.5) is 5.69 Å². The maximum atomic E-state index is 11.5. The van der Waals surface area contributed by atoms with Crippen LogP contribution >= 0.6 is 0 Å². The Morgan fingerprint density at radius 1 is 1.38 bits per heavy atom. The summed E-state index contributed by atoms with van der Waals surface area (Å²) in [6, 6.07) is 6.06. The number of nitrogens with one attached hydrogen (secondary N) is 1. The van der Waals surface area contributed by atoms with E-state index in [2.05, 4.69) is 12.0 Å². The predicted molar refractivity (Wildman–Crippen MR) is 57.8 cm³/mol. The van der Waals surface area contributed by atoms with Gasteiger partial charge in [0, 0.05) is 5.70 Å². The van der Waals surface area contributed by atoms with E-state index in [1.165, 1.54) is 17.1 Å². The number of rotatable bonds is 2. The monoisotopic (exact) mass is 218 g/mol. The van der Waals surface area contributed by atoms with Gasteiger partial charge in [-0.05, 0) is 24.3 Å². The largest absolute Gasteiger partial charge is 0.478 e. The van der Waals surface area contributed by atoms with E-state index in [1.807, 2.05) is 0 Å². The first-order chi connectivity index (χ1) is 7.58. The van der Waals surface area contributed by atoms with Gasteiger partial charge in [-0.2, -0.15) is 0 Å². The third kappa shape index (κ3) is 1.75. The normalized spacial score (nSPS) is 15.1. The number of anilines is 1. The molecule has 0 bridgehead atoms. The van der Waals surface area contributed by atoms with Crippen molar-refractivity contribution < 1.29 is 14.7 Å². The van der Waals surface area contributed by atoms with Crippen molar-refractivity contribution in [3.8, 4) is 0 Å². The number of hydrogen-bond acceptors (Lipinski definition) is 3. The fourth-order valence-electron chi connectivity index (χ4n) is 1.48. The summed E-state index contributed by atoms with van der Waals surface area (Å²) in [5, 5.41) is 10.1. The summed E-state index contributed by atoms with van der Waals surface area (Å²) < 4.78 is 0. The number of amides is 1. The highest BCUT2D eigenvalue weighted by Gasteiger charge is 2.24. The molecule has 1 saturated heterocycles. The standard InChI is InChI=1S/C11H10N2O3/c1-7-6-10(14)13(12-7)9-4-2-8(3-5-9)11(15)16/h2-5,12H,1,6H2,(H,15,16). The average Bonchev–Trinajstić information content (AvgIpc) is 2.58. The van der Waals surface area contributed by atoms with Crippen LogP contribution in [0.5, 0.6) is 0 Å². The molecule has 2 N–H and O–H groups in total. The van der Waals surface area contributed by atoms with Crippen LogP contribution in [0, 0.1) is 0 Å². The molecule has 1 fully saturated rings. The van der Waals surface area contributed by atoms with Gasteiger partial charge >= 0.3 is 5.97 Å². The molecule has 1 amide bonds. The number of carboxylic acids is 1. The number of nitrogens with zero attached hydrogens (tertiary/aromatic N) is 1. The molecule has 16 heavy (non-hydrogen) atoms. The highest BCUT2D eigenvalue weighted by Crippen LogP contribution is 2.20. The van der Waals surface area contributed by atoms with E-state index in [-0.39, 0.29) is 17.9 Å². The quantitative estimate of drug-likeness (QED) is 0.781. The zero-order valence-corrected chi connectivity index (χ0v) is 8.43. The van der Waals surface area contributed by atoms with Gasteiger partial charge in [-0.25, -0.2) is 9.80 Å². The molecule has 0 atom stereocenters. The number of hydrogen-bond donors (Lipinski definition) is 2. The lowest BCUT2D eigenvalue weighted by atomic mass is 10.2. The minimum absolute atomic E-state index is 0.104. The van der Waals surface area contributed by atoms with Crippen LogP contribution in [-0.2, 0) is 4.79 Å². The van der Waals surface area contributed by atoms with Crippen molar-refractivity contribution in [3.63, 3.8) is 0 Å². The van der Waals surface area contributed by atoms with Crippen molar-refractivity contribution in [1.29, 1.82) is 0 Å². The second-order valence-corrected chi connectivity index (χ2v) is 3.47. The second-order valence-electron chi connectivity index (χ2n) is 3.47. The van der Waals surface area contributed by atoms with Crippen LogP contribution < -0.4 is 10.4 Å². The molecule has 5 nitrogen and oxygen atoms in total. The van der Waals surface area contributed by atoms with Crippen LogP contribution in [0.3, 0.4) is 0 Å². The highest BCUT2D eigenvalue weighted by atomic mass is 16.4. The number of carbonyl (C=O) groups excluding carboxylic acids is 1. The van der Waals surface area contributed by atoms with Crippen LogP contribution in [0.15, 0.2) is 36.5 Å². The first kappa shape index (κ1) is 10.2. The number of aromatic carboxylic acids is 1. The average molecular weight is 218 g/mol. The molecule has 0 radical (unpaired) electrons. The van der Waals surface area contributed by atoms with Gasteiger partial charge in [-0.1, -0.05) is 6.58 Å². The lowest BCUT2D eigenvalue weighted by Crippen LogP contribution is -2.33.